The van der Waals surface area contributed by atoms with E-state index in [2.05, 4.69) is 15.2 Å². The Morgan fingerprint density at radius 1 is 1.31 bits per heavy atom. The van der Waals surface area contributed by atoms with Crippen molar-refractivity contribution in [2.45, 2.75) is 74.3 Å². The van der Waals surface area contributed by atoms with Gasteiger partial charge in [-0.1, -0.05) is 23.4 Å². The molecule has 5 heterocycles. The second kappa shape index (κ2) is 12.0. The number of aryl methyl sites for hydroxylation is 1. The first-order chi connectivity index (χ1) is 18.8. The molecule has 1 spiro atoms. The van der Waals surface area contributed by atoms with Crippen LogP contribution in [0.4, 0.5) is 10.6 Å². The van der Waals surface area contributed by atoms with Gasteiger partial charge in [-0.05, 0) is 32.8 Å². The van der Waals surface area contributed by atoms with E-state index < -0.39 is 6.09 Å². The predicted octanol–water partition coefficient (Wildman–Crippen LogP) is 3.68. The van der Waals surface area contributed by atoms with Crippen molar-refractivity contribution < 1.29 is 29.2 Å². The van der Waals surface area contributed by atoms with Crippen LogP contribution in [0.15, 0.2) is 22.2 Å². The van der Waals surface area contributed by atoms with Crippen LogP contribution in [-0.2, 0) is 16.1 Å². The van der Waals surface area contributed by atoms with E-state index in [1.165, 1.54) is 11.8 Å². The molecule has 3 aliphatic rings. The monoisotopic (exact) mass is 579 g/mol. The number of pyridine rings is 1. The second-order valence-electron chi connectivity index (χ2n) is 10.3. The fraction of sp³-hybridized carbons (Fsp3) is 0.615. The Bertz CT molecular complexity index is 1190. The zero-order chi connectivity index (χ0) is 27.6. The van der Waals surface area contributed by atoms with Gasteiger partial charge in [0, 0.05) is 42.4 Å². The van der Waals surface area contributed by atoms with Gasteiger partial charge >= 0.3 is 6.09 Å². The predicted molar refractivity (Wildman–Crippen MR) is 145 cm³/mol. The lowest BCUT2D eigenvalue weighted by atomic mass is 9.73. The SMILES string of the molecule is Cc1nc(N2CCC3(CC2)CO[C@@H](C)[C@H]3NC(=O)O)c(CO)nc1Sc1ccnc(OC2CCOCC2)c1Cl. The van der Waals surface area contributed by atoms with Crippen LogP contribution in [0.25, 0.3) is 0 Å². The van der Waals surface area contributed by atoms with Crippen molar-refractivity contribution in [3.05, 3.63) is 28.7 Å². The first kappa shape index (κ1) is 28.2. The van der Waals surface area contributed by atoms with Crippen molar-refractivity contribution in [2.24, 2.45) is 5.41 Å². The van der Waals surface area contributed by atoms with Crippen LogP contribution in [0.5, 0.6) is 5.88 Å². The van der Waals surface area contributed by atoms with Crippen LogP contribution in [0, 0.1) is 12.3 Å². The minimum Gasteiger partial charge on any atom is -0.473 e. The largest absolute Gasteiger partial charge is 0.473 e. The Hall–Kier alpha value is -2.38. The molecule has 11 nitrogen and oxygen atoms in total. The maximum absolute atomic E-state index is 11.4. The second-order valence-corrected chi connectivity index (χ2v) is 11.7. The van der Waals surface area contributed by atoms with Crippen molar-refractivity contribution >= 4 is 35.3 Å². The summed E-state index contributed by atoms with van der Waals surface area (Å²) in [5, 5.41) is 23.3. The molecule has 3 aliphatic heterocycles. The lowest BCUT2D eigenvalue weighted by Crippen LogP contribution is -2.54. The summed E-state index contributed by atoms with van der Waals surface area (Å²) < 4.78 is 17.3. The molecule has 0 aliphatic carbocycles. The van der Waals surface area contributed by atoms with Crippen LogP contribution < -0.4 is 15.0 Å². The molecule has 0 bridgehead atoms. The van der Waals surface area contributed by atoms with Crippen LogP contribution in [0.1, 0.15) is 44.0 Å². The molecule has 212 valence electrons. The van der Waals surface area contributed by atoms with Crippen molar-refractivity contribution in [3.63, 3.8) is 0 Å². The van der Waals surface area contributed by atoms with Gasteiger partial charge in [-0.15, -0.1) is 0 Å². The first-order valence-corrected chi connectivity index (χ1v) is 14.4. The number of nitrogens with one attached hydrogen (secondary N) is 1. The Balaban J connectivity index is 1.31. The summed E-state index contributed by atoms with van der Waals surface area (Å²) in [6.07, 6.45) is 3.54. The standard InChI is InChI=1S/C26H34ClN5O6S/c1-15-24(39-19-3-8-28-23(20(19)27)38-17-4-11-36-12-5-17)30-18(13-33)22(29-15)32-9-6-26(7-10-32)14-37-16(2)21(26)31-25(34)35/h3,8,16-17,21,31,33H,4-7,9-14H2,1-2H3,(H,34,35)/t16-,21+/m0/s1. The third-order valence-corrected chi connectivity index (χ3v) is 9.42. The van der Waals surface area contributed by atoms with E-state index in [0.29, 0.717) is 60.4 Å². The highest BCUT2D eigenvalue weighted by Gasteiger charge is 2.50. The fourth-order valence-corrected chi connectivity index (χ4v) is 6.74. The minimum atomic E-state index is -1.03. The van der Waals surface area contributed by atoms with E-state index in [0.717, 1.165) is 36.3 Å². The normalized spacial score (nSPS) is 23.2. The number of piperidine rings is 1. The lowest BCUT2D eigenvalue weighted by Gasteiger charge is -2.43. The molecule has 0 aromatic carbocycles. The number of amides is 1. The van der Waals surface area contributed by atoms with Crippen molar-refractivity contribution in [3.8, 4) is 5.88 Å². The van der Waals surface area contributed by atoms with Crippen LogP contribution in [0.2, 0.25) is 5.02 Å². The van der Waals surface area contributed by atoms with Gasteiger partial charge in [-0.25, -0.2) is 19.7 Å². The van der Waals surface area contributed by atoms with Crippen LogP contribution >= 0.6 is 23.4 Å². The summed E-state index contributed by atoms with van der Waals surface area (Å²) in [5.41, 5.74) is 0.948. The Morgan fingerprint density at radius 3 is 2.74 bits per heavy atom. The molecule has 0 radical (unpaired) electrons. The first-order valence-electron chi connectivity index (χ1n) is 13.2. The van der Waals surface area contributed by atoms with Gasteiger partial charge in [-0.2, -0.15) is 0 Å². The smallest absolute Gasteiger partial charge is 0.404 e. The highest BCUT2D eigenvalue weighted by molar-refractivity contribution is 7.99. The summed E-state index contributed by atoms with van der Waals surface area (Å²) in [6, 6.07) is 1.56. The quantitative estimate of drug-likeness (QED) is 0.442. The number of carbonyl (C=O) groups is 1. The van der Waals surface area contributed by atoms with Gasteiger partial charge < -0.3 is 34.6 Å². The van der Waals surface area contributed by atoms with Gasteiger partial charge in [0.1, 0.15) is 21.8 Å². The highest BCUT2D eigenvalue weighted by Crippen LogP contribution is 2.44. The maximum atomic E-state index is 11.4. The van der Waals surface area contributed by atoms with E-state index in [-0.39, 0.29) is 30.3 Å². The Kier molecular flexibility index (Phi) is 8.67. The molecule has 5 rings (SSSR count). The number of anilines is 1. The summed E-state index contributed by atoms with van der Waals surface area (Å²) in [6.45, 7) is 6.69. The highest BCUT2D eigenvalue weighted by atomic mass is 35.5. The molecule has 2 aromatic rings. The zero-order valence-electron chi connectivity index (χ0n) is 22.1. The van der Waals surface area contributed by atoms with E-state index in [1.807, 2.05) is 19.9 Å². The number of rotatable bonds is 7. The molecule has 1 amide bonds. The average Bonchev–Trinajstić information content (AvgIpc) is 3.22. The lowest BCUT2D eigenvalue weighted by molar-refractivity contribution is 0.0237. The number of halogens is 1. The van der Waals surface area contributed by atoms with Gasteiger partial charge in [0.2, 0.25) is 5.88 Å². The molecular weight excluding hydrogens is 546 g/mol. The number of hydrogen-bond acceptors (Lipinski definition) is 10. The topological polar surface area (TPSA) is 139 Å². The van der Waals surface area contributed by atoms with Gasteiger partial charge in [0.15, 0.2) is 5.82 Å². The molecular formula is C26H34ClN5O6S. The van der Waals surface area contributed by atoms with Crippen LogP contribution in [-0.4, -0.2) is 82.4 Å². The van der Waals surface area contributed by atoms with E-state index in [9.17, 15) is 15.0 Å². The summed E-state index contributed by atoms with van der Waals surface area (Å²) in [7, 11) is 0. The minimum absolute atomic E-state index is 0.0173. The molecule has 3 fully saturated rings. The number of aliphatic hydroxyl groups is 1. The maximum Gasteiger partial charge on any atom is 0.404 e. The third kappa shape index (κ3) is 6.04. The molecule has 13 heteroatoms. The van der Waals surface area contributed by atoms with Gasteiger partial charge in [0.05, 0.1) is 44.3 Å². The molecule has 3 saturated heterocycles. The summed E-state index contributed by atoms with van der Waals surface area (Å²) >= 11 is 8.04. The third-order valence-electron chi connectivity index (χ3n) is 7.80. The zero-order valence-corrected chi connectivity index (χ0v) is 23.6. The molecule has 3 N–H and O–H groups in total. The molecule has 0 saturated carbocycles. The number of ether oxygens (including phenoxy) is 3. The van der Waals surface area contributed by atoms with Crippen molar-refractivity contribution in [2.75, 3.05) is 37.8 Å². The Morgan fingerprint density at radius 2 is 2.05 bits per heavy atom. The Labute approximate surface area is 236 Å². The number of aliphatic hydroxyl groups excluding tert-OH is 1. The van der Waals surface area contributed by atoms with E-state index in [4.69, 9.17) is 35.8 Å². The molecule has 0 unspecified atom stereocenters. The summed E-state index contributed by atoms with van der Waals surface area (Å²) in [4.78, 5) is 28.2. The van der Waals surface area contributed by atoms with E-state index in [1.54, 1.807) is 6.20 Å². The molecule has 39 heavy (non-hydrogen) atoms. The number of hydrogen-bond donors (Lipinski definition) is 3. The van der Waals surface area contributed by atoms with Crippen LogP contribution in [0.3, 0.4) is 0 Å². The molecule has 2 aromatic heterocycles. The van der Waals surface area contributed by atoms with Gasteiger partial charge in [0.25, 0.3) is 0 Å². The number of aromatic nitrogens is 3. The van der Waals surface area contributed by atoms with Gasteiger partial charge in [-0.3, -0.25) is 0 Å². The molecule has 2 atom stereocenters. The van der Waals surface area contributed by atoms with Crippen molar-refractivity contribution in [1.29, 1.82) is 0 Å². The average molecular weight is 580 g/mol. The van der Waals surface area contributed by atoms with Crippen molar-refractivity contribution in [1.82, 2.24) is 20.3 Å². The number of nitrogens with zero attached hydrogens (tertiary/aromatic N) is 4. The summed E-state index contributed by atoms with van der Waals surface area (Å²) in [5.74, 6) is 1.04. The van der Waals surface area contributed by atoms with E-state index >= 15 is 0 Å². The fourth-order valence-electron chi connectivity index (χ4n) is 5.61. The number of carboxylic acid groups (broad SMARTS) is 1.